The standard InChI is InChI=1S/C18H15F2N3O2/c19-15-6-3-13(9-16(15)20)17-11-23(7-8-25-17)18(24)22-14-4-1-12(10-21)2-5-14/h1-6,9,17H,7-8,11H2,(H,22,24)/t17-/m0/s1. The highest BCUT2D eigenvalue weighted by atomic mass is 19.2. The van der Waals surface area contributed by atoms with E-state index in [-0.39, 0.29) is 12.6 Å². The summed E-state index contributed by atoms with van der Waals surface area (Å²) in [6, 6.07) is 11.8. The molecule has 3 rings (SSSR count). The highest BCUT2D eigenvalue weighted by Crippen LogP contribution is 2.24. The van der Waals surface area contributed by atoms with Crippen molar-refractivity contribution < 1.29 is 18.3 Å². The number of morpholine rings is 1. The number of hydrogen-bond donors (Lipinski definition) is 1. The summed E-state index contributed by atoms with van der Waals surface area (Å²) < 4.78 is 32.0. The van der Waals surface area contributed by atoms with E-state index in [0.29, 0.717) is 30.0 Å². The molecule has 2 aromatic carbocycles. The zero-order valence-corrected chi connectivity index (χ0v) is 13.2. The van der Waals surface area contributed by atoms with E-state index in [1.54, 1.807) is 29.2 Å². The van der Waals surface area contributed by atoms with Gasteiger partial charge in [-0.1, -0.05) is 6.07 Å². The van der Waals surface area contributed by atoms with Crippen molar-refractivity contribution in [3.63, 3.8) is 0 Å². The molecule has 1 heterocycles. The van der Waals surface area contributed by atoms with Gasteiger partial charge in [-0.3, -0.25) is 0 Å². The van der Waals surface area contributed by atoms with Crippen LogP contribution in [0.4, 0.5) is 19.3 Å². The number of anilines is 1. The molecule has 5 nitrogen and oxygen atoms in total. The molecule has 25 heavy (non-hydrogen) atoms. The third kappa shape index (κ3) is 3.92. The Kier molecular flexibility index (Phi) is 4.91. The van der Waals surface area contributed by atoms with E-state index in [0.717, 1.165) is 12.1 Å². The highest BCUT2D eigenvalue weighted by molar-refractivity contribution is 5.89. The van der Waals surface area contributed by atoms with Crippen LogP contribution in [0.2, 0.25) is 0 Å². The van der Waals surface area contributed by atoms with Gasteiger partial charge in [0.1, 0.15) is 6.10 Å². The molecule has 0 spiro atoms. The molecule has 1 saturated heterocycles. The Morgan fingerprint density at radius 3 is 2.64 bits per heavy atom. The topological polar surface area (TPSA) is 65.4 Å². The summed E-state index contributed by atoms with van der Waals surface area (Å²) in [7, 11) is 0. The number of nitriles is 1. The zero-order chi connectivity index (χ0) is 17.8. The first-order valence-electron chi connectivity index (χ1n) is 7.69. The van der Waals surface area contributed by atoms with E-state index in [9.17, 15) is 13.6 Å². The fourth-order valence-electron chi connectivity index (χ4n) is 2.58. The number of nitrogens with one attached hydrogen (secondary N) is 1. The van der Waals surface area contributed by atoms with E-state index in [1.165, 1.54) is 6.07 Å². The summed E-state index contributed by atoms with van der Waals surface area (Å²) in [4.78, 5) is 13.9. The number of carbonyl (C=O) groups is 1. The van der Waals surface area contributed by atoms with Gasteiger partial charge in [0.2, 0.25) is 0 Å². The maximum absolute atomic E-state index is 13.4. The molecule has 1 N–H and O–H groups in total. The lowest BCUT2D eigenvalue weighted by Gasteiger charge is -2.33. The van der Waals surface area contributed by atoms with Gasteiger partial charge in [-0.2, -0.15) is 5.26 Å². The van der Waals surface area contributed by atoms with Gasteiger partial charge in [-0.15, -0.1) is 0 Å². The van der Waals surface area contributed by atoms with Gasteiger partial charge in [-0.05, 0) is 42.0 Å². The van der Waals surface area contributed by atoms with Crippen molar-refractivity contribution in [2.24, 2.45) is 0 Å². The summed E-state index contributed by atoms with van der Waals surface area (Å²) >= 11 is 0. The van der Waals surface area contributed by atoms with Crippen molar-refractivity contribution >= 4 is 11.7 Å². The summed E-state index contributed by atoms with van der Waals surface area (Å²) in [6.07, 6.45) is -0.518. The lowest BCUT2D eigenvalue weighted by molar-refractivity contribution is -0.0136. The van der Waals surface area contributed by atoms with Crippen molar-refractivity contribution in [3.05, 3.63) is 65.2 Å². The maximum atomic E-state index is 13.4. The molecule has 1 atom stereocenters. The van der Waals surface area contributed by atoms with Crippen LogP contribution >= 0.6 is 0 Å². The average molecular weight is 343 g/mol. The van der Waals surface area contributed by atoms with Gasteiger partial charge in [0, 0.05) is 12.2 Å². The molecule has 0 bridgehead atoms. The number of amides is 2. The predicted octanol–water partition coefficient (Wildman–Crippen LogP) is 3.44. The van der Waals surface area contributed by atoms with Gasteiger partial charge in [0.15, 0.2) is 11.6 Å². The van der Waals surface area contributed by atoms with Crippen molar-refractivity contribution in [1.29, 1.82) is 5.26 Å². The number of halogens is 2. The summed E-state index contributed by atoms with van der Waals surface area (Å²) in [5.74, 6) is -1.87. The van der Waals surface area contributed by atoms with Gasteiger partial charge >= 0.3 is 6.03 Å². The van der Waals surface area contributed by atoms with Gasteiger partial charge in [0.05, 0.1) is 24.8 Å². The second kappa shape index (κ2) is 7.28. The minimum absolute atomic E-state index is 0.229. The van der Waals surface area contributed by atoms with Gasteiger partial charge in [0.25, 0.3) is 0 Å². The molecule has 0 radical (unpaired) electrons. The molecule has 0 aliphatic carbocycles. The average Bonchev–Trinajstić information content (AvgIpc) is 2.64. The third-order valence-corrected chi connectivity index (χ3v) is 3.93. The Hall–Kier alpha value is -2.98. The molecular formula is C18H15F2N3O2. The van der Waals surface area contributed by atoms with Crippen molar-refractivity contribution in [2.45, 2.75) is 6.10 Å². The van der Waals surface area contributed by atoms with Crippen LogP contribution in [0.1, 0.15) is 17.2 Å². The van der Waals surface area contributed by atoms with Gasteiger partial charge in [-0.25, -0.2) is 13.6 Å². The van der Waals surface area contributed by atoms with Crippen LogP contribution in [-0.2, 0) is 4.74 Å². The molecular weight excluding hydrogens is 328 g/mol. The van der Waals surface area contributed by atoms with Crippen LogP contribution in [0.15, 0.2) is 42.5 Å². The fraction of sp³-hybridized carbons (Fsp3) is 0.222. The number of ether oxygens (including phenoxy) is 1. The second-order valence-corrected chi connectivity index (χ2v) is 5.60. The Morgan fingerprint density at radius 2 is 1.96 bits per heavy atom. The lowest BCUT2D eigenvalue weighted by Crippen LogP contribution is -2.44. The van der Waals surface area contributed by atoms with Crippen LogP contribution < -0.4 is 5.32 Å². The first-order valence-corrected chi connectivity index (χ1v) is 7.69. The van der Waals surface area contributed by atoms with E-state index in [2.05, 4.69) is 5.32 Å². The smallest absolute Gasteiger partial charge is 0.322 e. The third-order valence-electron chi connectivity index (χ3n) is 3.93. The quantitative estimate of drug-likeness (QED) is 0.908. The van der Waals surface area contributed by atoms with E-state index < -0.39 is 17.7 Å². The molecule has 128 valence electrons. The number of benzene rings is 2. The minimum Gasteiger partial charge on any atom is -0.370 e. The second-order valence-electron chi connectivity index (χ2n) is 5.60. The minimum atomic E-state index is -0.944. The van der Waals surface area contributed by atoms with Crippen LogP contribution in [0, 0.1) is 23.0 Å². The molecule has 0 aromatic heterocycles. The number of rotatable bonds is 2. The van der Waals surface area contributed by atoms with Crippen LogP contribution in [0.25, 0.3) is 0 Å². The fourth-order valence-corrected chi connectivity index (χ4v) is 2.58. The highest BCUT2D eigenvalue weighted by Gasteiger charge is 2.26. The molecule has 7 heteroatoms. The van der Waals surface area contributed by atoms with Crippen molar-refractivity contribution in [1.82, 2.24) is 4.90 Å². The summed E-state index contributed by atoms with van der Waals surface area (Å²) in [5.41, 5.74) is 1.55. The molecule has 2 amide bonds. The van der Waals surface area contributed by atoms with E-state index in [1.807, 2.05) is 6.07 Å². The van der Waals surface area contributed by atoms with E-state index >= 15 is 0 Å². The maximum Gasteiger partial charge on any atom is 0.322 e. The molecule has 1 aliphatic heterocycles. The largest absolute Gasteiger partial charge is 0.370 e. The number of hydrogen-bond acceptors (Lipinski definition) is 3. The Bertz CT molecular complexity index is 818. The van der Waals surface area contributed by atoms with Crippen LogP contribution in [0.3, 0.4) is 0 Å². The summed E-state index contributed by atoms with van der Waals surface area (Å²) in [6.45, 7) is 0.917. The molecule has 2 aromatic rings. The normalized spacial score (nSPS) is 17.0. The zero-order valence-electron chi connectivity index (χ0n) is 13.2. The monoisotopic (exact) mass is 343 g/mol. The lowest BCUT2D eigenvalue weighted by atomic mass is 10.1. The Balaban J connectivity index is 1.66. The summed E-state index contributed by atoms with van der Waals surface area (Å²) in [5, 5.41) is 11.5. The molecule has 0 unspecified atom stereocenters. The predicted molar refractivity (Wildman–Crippen MR) is 86.8 cm³/mol. The van der Waals surface area contributed by atoms with Crippen molar-refractivity contribution in [2.75, 3.05) is 25.0 Å². The first kappa shape index (κ1) is 16.9. The van der Waals surface area contributed by atoms with Crippen LogP contribution in [0.5, 0.6) is 0 Å². The first-order chi connectivity index (χ1) is 12.1. The Morgan fingerprint density at radius 1 is 1.20 bits per heavy atom. The number of nitrogens with zero attached hydrogens (tertiary/aromatic N) is 2. The number of urea groups is 1. The van der Waals surface area contributed by atoms with Crippen LogP contribution in [-0.4, -0.2) is 30.6 Å². The molecule has 1 aliphatic rings. The number of carbonyl (C=O) groups excluding carboxylic acids is 1. The van der Waals surface area contributed by atoms with E-state index in [4.69, 9.17) is 10.00 Å². The van der Waals surface area contributed by atoms with Gasteiger partial charge < -0.3 is 15.0 Å². The Labute approximate surface area is 143 Å². The molecule has 1 fully saturated rings. The van der Waals surface area contributed by atoms with Crippen molar-refractivity contribution in [3.8, 4) is 6.07 Å². The SMILES string of the molecule is N#Cc1ccc(NC(=O)N2CCO[C@H](c3ccc(F)c(F)c3)C2)cc1. The molecule has 0 saturated carbocycles.